The molecule has 5 heteroatoms. The van der Waals surface area contributed by atoms with Gasteiger partial charge in [0.05, 0.1) is 21.3 Å². The van der Waals surface area contributed by atoms with E-state index in [1.807, 2.05) is 6.92 Å². The SMILES string of the molecule is CCC(C)(N)C(=O)Nc1cccc(Cl)c1Cl. The van der Waals surface area contributed by atoms with Gasteiger partial charge >= 0.3 is 0 Å². The van der Waals surface area contributed by atoms with Crippen LogP contribution < -0.4 is 11.1 Å². The number of benzene rings is 1. The molecule has 3 N–H and O–H groups in total. The summed E-state index contributed by atoms with van der Waals surface area (Å²) < 4.78 is 0. The number of hydrogen-bond acceptors (Lipinski definition) is 2. The zero-order valence-corrected chi connectivity index (χ0v) is 10.7. The number of nitrogens with one attached hydrogen (secondary N) is 1. The lowest BCUT2D eigenvalue weighted by atomic mass is 9.99. The fraction of sp³-hybridized carbons (Fsp3) is 0.364. The molecule has 1 aromatic rings. The molecule has 3 nitrogen and oxygen atoms in total. The van der Waals surface area contributed by atoms with Crippen molar-refractivity contribution in [2.45, 2.75) is 25.8 Å². The Bertz CT molecular complexity index is 405. The molecule has 1 aromatic carbocycles. The minimum atomic E-state index is -0.911. The fourth-order valence-corrected chi connectivity index (χ4v) is 1.37. The molecular weight excluding hydrogens is 247 g/mol. The first kappa shape index (κ1) is 13.3. The smallest absolute Gasteiger partial charge is 0.244 e. The quantitative estimate of drug-likeness (QED) is 0.878. The lowest BCUT2D eigenvalue weighted by molar-refractivity contribution is -0.120. The molecule has 1 unspecified atom stereocenters. The van der Waals surface area contributed by atoms with Gasteiger partial charge < -0.3 is 11.1 Å². The summed E-state index contributed by atoms with van der Waals surface area (Å²) in [5.41, 5.74) is 5.37. The Labute approximate surface area is 105 Å². The third kappa shape index (κ3) is 2.88. The maximum atomic E-state index is 11.8. The molecule has 1 rings (SSSR count). The third-order valence-corrected chi connectivity index (χ3v) is 3.27. The fourth-order valence-electron chi connectivity index (χ4n) is 1.03. The number of nitrogens with two attached hydrogens (primary N) is 1. The topological polar surface area (TPSA) is 55.1 Å². The van der Waals surface area contributed by atoms with Gasteiger partial charge in [0.2, 0.25) is 5.91 Å². The summed E-state index contributed by atoms with van der Waals surface area (Å²) in [4.78, 5) is 11.8. The van der Waals surface area contributed by atoms with E-state index >= 15 is 0 Å². The van der Waals surface area contributed by atoms with Crippen LogP contribution in [0.4, 0.5) is 5.69 Å². The second-order valence-corrected chi connectivity index (χ2v) is 4.61. The molecule has 0 saturated heterocycles. The highest BCUT2D eigenvalue weighted by atomic mass is 35.5. The number of halogens is 2. The third-order valence-electron chi connectivity index (χ3n) is 2.45. The molecule has 0 aliphatic carbocycles. The lowest BCUT2D eigenvalue weighted by Gasteiger charge is -2.21. The average molecular weight is 261 g/mol. The van der Waals surface area contributed by atoms with Gasteiger partial charge in [-0.1, -0.05) is 36.2 Å². The molecule has 0 heterocycles. The van der Waals surface area contributed by atoms with Crippen LogP contribution in [0.2, 0.25) is 10.0 Å². The van der Waals surface area contributed by atoms with Gasteiger partial charge in [-0.15, -0.1) is 0 Å². The van der Waals surface area contributed by atoms with Crippen molar-refractivity contribution < 1.29 is 4.79 Å². The molecule has 1 atom stereocenters. The minimum absolute atomic E-state index is 0.279. The largest absolute Gasteiger partial charge is 0.323 e. The maximum Gasteiger partial charge on any atom is 0.244 e. The van der Waals surface area contributed by atoms with E-state index in [1.165, 1.54) is 0 Å². The van der Waals surface area contributed by atoms with E-state index in [1.54, 1.807) is 25.1 Å². The molecule has 0 fully saturated rings. The van der Waals surface area contributed by atoms with E-state index in [-0.39, 0.29) is 5.91 Å². The van der Waals surface area contributed by atoms with Crippen molar-refractivity contribution in [3.63, 3.8) is 0 Å². The van der Waals surface area contributed by atoms with Gasteiger partial charge in [-0.3, -0.25) is 4.79 Å². The van der Waals surface area contributed by atoms with E-state index in [0.29, 0.717) is 22.2 Å². The molecule has 0 aliphatic heterocycles. The second-order valence-electron chi connectivity index (χ2n) is 3.83. The van der Waals surface area contributed by atoms with Crippen molar-refractivity contribution >= 4 is 34.8 Å². The summed E-state index contributed by atoms with van der Waals surface area (Å²) in [6.07, 6.45) is 0.539. The first-order valence-corrected chi connectivity index (χ1v) is 5.68. The van der Waals surface area contributed by atoms with Gasteiger partial charge in [-0.2, -0.15) is 0 Å². The van der Waals surface area contributed by atoms with Crippen LogP contribution in [0.25, 0.3) is 0 Å². The van der Waals surface area contributed by atoms with Crippen LogP contribution in [0.1, 0.15) is 20.3 Å². The lowest BCUT2D eigenvalue weighted by Crippen LogP contribution is -2.47. The number of anilines is 1. The predicted molar refractivity (Wildman–Crippen MR) is 68.0 cm³/mol. The number of hydrogen-bond donors (Lipinski definition) is 2. The summed E-state index contributed by atoms with van der Waals surface area (Å²) in [5, 5.41) is 3.38. The Morgan fingerprint density at radius 3 is 2.69 bits per heavy atom. The molecule has 0 saturated carbocycles. The highest BCUT2D eigenvalue weighted by molar-refractivity contribution is 6.44. The molecule has 16 heavy (non-hydrogen) atoms. The molecule has 0 aliphatic rings. The Morgan fingerprint density at radius 1 is 1.50 bits per heavy atom. The van der Waals surface area contributed by atoms with E-state index in [4.69, 9.17) is 28.9 Å². The van der Waals surface area contributed by atoms with Gasteiger partial charge in [0, 0.05) is 0 Å². The molecule has 0 radical (unpaired) electrons. The Kier molecular flexibility index (Phi) is 4.19. The summed E-state index contributed by atoms with van der Waals surface area (Å²) in [6.45, 7) is 3.51. The van der Waals surface area contributed by atoms with Gasteiger partial charge in [-0.05, 0) is 25.5 Å². The molecule has 0 spiro atoms. The number of carbonyl (C=O) groups excluding carboxylic acids is 1. The first-order chi connectivity index (χ1) is 7.38. The summed E-state index contributed by atoms with van der Waals surface area (Å²) >= 11 is 11.8. The normalized spacial score (nSPS) is 14.3. The number of amides is 1. The summed E-state index contributed by atoms with van der Waals surface area (Å²) in [6, 6.07) is 5.04. The van der Waals surface area contributed by atoms with Crippen molar-refractivity contribution in [2.24, 2.45) is 5.73 Å². The molecule has 0 bridgehead atoms. The summed E-state index contributed by atoms with van der Waals surface area (Å²) in [5.74, 6) is -0.279. The van der Waals surface area contributed by atoms with Gasteiger partial charge in [0.25, 0.3) is 0 Å². The summed E-state index contributed by atoms with van der Waals surface area (Å²) in [7, 11) is 0. The predicted octanol–water partition coefficient (Wildman–Crippen LogP) is 3.06. The van der Waals surface area contributed by atoms with Crippen LogP contribution in [0, 0.1) is 0 Å². The van der Waals surface area contributed by atoms with E-state index in [2.05, 4.69) is 5.32 Å². The van der Waals surface area contributed by atoms with Crippen molar-refractivity contribution in [1.82, 2.24) is 0 Å². The highest BCUT2D eigenvalue weighted by Gasteiger charge is 2.26. The molecule has 0 aromatic heterocycles. The van der Waals surface area contributed by atoms with Gasteiger partial charge in [-0.25, -0.2) is 0 Å². The van der Waals surface area contributed by atoms with Gasteiger partial charge in [0.15, 0.2) is 0 Å². The van der Waals surface area contributed by atoms with Crippen molar-refractivity contribution in [1.29, 1.82) is 0 Å². The van der Waals surface area contributed by atoms with Crippen molar-refractivity contribution in [3.05, 3.63) is 28.2 Å². The maximum absolute atomic E-state index is 11.8. The number of rotatable bonds is 3. The number of carbonyl (C=O) groups is 1. The Morgan fingerprint density at radius 2 is 2.12 bits per heavy atom. The van der Waals surface area contributed by atoms with Crippen LogP contribution in [0.15, 0.2) is 18.2 Å². The van der Waals surface area contributed by atoms with Crippen LogP contribution in [0.5, 0.6) is 0 Å². The monoisotopic (exact) mass is 260 g/mol. The van der Waals surface area contributed by atoms with Gasteiger partial charge in [0.1, 0.15) is 0 Å². The molecular formula is C11H14Cl2N2O. The van der Waals surface area contributed by atoms with E-state index in [0.717, 1.165) is 0 Å². The minimum Gasteiger partial charge on any atom is -0.323 e. The van der Waals surface area contributed by atoms with Crippen molar-refractivity contribution in [2.75, 3.05) is 5.32 Å². The van der Waals surface area contributed by atoms with E-state index in [9.17, 15) is 4.79 Å². The molecule has 88 valence electrons. The Balaban J connectivity index is 2.90. The zero-order valence-electron chi connectivity index (χ0n) is 9.18. The Hall–Kier alpha value is -0.770. The van der Waals surface area contributed by atoms with Crippen LogP contribution >= 0.6 is 23.2 Å². The van der Waals surface area contributed by atoms with E-state index < -0.39 is 5.54 Å². The average Bonchev–Trinajstić information content (AvgIpc) is 2.24. The second kappa shape index (κ2) is 5.04. The zero-order chi connectivity index (χ0) is 12.3. The van der Waals surface area contributed by atoms with Crippen LogP contribution in [0.3, 0.4) is 0 Å². The first-order valence-electron chi connectivity index (χ1n) is 4.93. The van der Waals surface area contributed by atoms with Crippen LogP contribution in [-0.2, 0) is 4.79 Å². The molecule has 1 amide bonds. The highest BCUT2D eigenvalue weighted by Crippen LogP contribution is 2.29. The van der Waals surface area contributed by atoms with Crippen molar-refractivity contribution in [3.8, 4) is 0 Å². The standard InChI is InChI=1S/C11H14Cl2N2O/c1-3-11(2,14)10(16)15-8-6-4-5-7(12)9(8)13/h4-6H,3,14H2,1-2H3,(H,15,16). The van der Waals surface area contributed by atoms with Crippen LogP contribution in [-0.4, -0.2) is 11.4 Å².